The molecule has 0 atom stereocenters. The second-order valence-electron chi connectivity index (χ2n) is 1.70. The van der Waals surface area contributed by atoms with E-state index in [1.807, 2.05) is 35.4 Å². The standard InChI is InChI=1S/C3H6S2.C3H8.C2H6/c1-2-4-5-3-1;1-3-2;1-2/h1-3H2;3H2,1-2H3;1-2H3. The van der Waals surface area contributed by atoms with Crippen molar-refractivity contribution >= 4 is 21.6 Å². The summed E-state index contributed by atoms with van der Waals surface area (Å²) in [5.41, 5.74) is 0. The third kappa shape index (κ3) is 15.9. The van der Waals surface area contributed by atoms with Crippen LogP contribution >= 0.6 is 21.6 Å². The first-order chi connectivity index (χ1) is 4.91. The van der Waals surface area contributed by atoms with Gasteiger partial charge in [0.2, 0.25) is 0 Å². The molecule has 10 heavy (non-hydrogen) atoms. The molecule has 0 N–H and O–H groups in total. The van der Waals surface area contributed by atoms with Gasteiger partial charge in [-0.2, -0.15) is 0 Å². The molecule has 1 aliphatic heterocycles. The van der Waals surface area contributed by atoms with E-state index in [4.69, 9.17) is 0 Å². The van der Waals surface area contributed by atoms with E-state index in [-0.39, 0.29) is 0 Å². The Morgan fingerprint density at radius 1 is 1.00 bits per heavy atom. The smallest absolute Gasteiger partial charge is 0.00450 e. The van der Waals surface area contributed by atoms with Gasteiger partial charge in [0.05, 0.1) is 0 Å². The highest BCUT2D eigenvalue weighted by Crippen LogP contribution is 2.29. The molecular weight excluding hydrogens is 160 g/mol. The Bertz CT molecular complexity index is 26.6. The topological polar surface area (TPSA) is 0 Å². The van der Waals surface area contributed by atoms with E-state index < -0.39 is 0 Å². The number of hydrogen-bond acceptors (Lipinski definition) is 2. The lowest BCUT2D eigenvalue weighted by molar-refractivity contribution is 1.09. The molecule has 1 saturated heterocycles. The molecule has 0 aromatic rings. The molecule has 1 rings (SSSR count). The second-order valence-corrected chi connectivity index (χ2v) is 4.41. The normalized spacial score (nSPS) is 14.4. The van der Waals surface area contributed by atoms with E-state index in [1.165, 1.54) is 24.3 Å². The first-order valence-corrected chi connectivity index (χ1v) is 6.65. The lowest BCUT2D eigenvalue weighted by atomic mass is 10.6. The Balaban J connectivity index is 0. The molecule has 64 valence electrons. The molecule has 1 fully saturated rings. The molecule has 0 nitrogen and oxygen atoms in total. The van der Waals surface area contributed by atoms with Gasteiger partial charge < -0.3 is 0 Å². The van der Waals surface area contributed by atoms with Crippen LogP contribution in [-0.4, -0.2) is 11.5 Å². The first-order valence-electron chi connectivity index (χ1n) is 4.16. The zero-order chi connectivity index (χ0) is 8.24. The molecule has 0 saturated carbocycles. The molecule has 1 aliphatic rings. The summed E-state index contributed by atoms with van der Waals surface area (Å²) in [6.07, 6.45) is 2.68. The van der Waals surface area contributed by atoms with E-state index >= 15 is 0 Å². The summed E-state index contributed by atoms with van der Waals surface area (Å²) >= 11 is 0. The van der Waals surface area contributed by atoms with Gasteiger partial charge in [0.25, 0.3) is 0 Å². The molecule has 0 aliphatic carbocycles. The van der Waals surface area contributed by atoms with Crippen molar-refractivity contribution in [3.63, 3.8) is 0 Å². The van der Waals surface area contributed by atoms with Gasteiger partial charge in [0.1, 0.15) is 0 Å². The fraction of sp³-hybridized carbons (Fsp3) is 1.00. The summed E-state index contributed by atoms with van der Waals surface area (Å²) in [5.74, 6) is 2.76. The minimum absolute atomic E-state index is 1.25. The molecular formula is C8H20S2. The van der Waals surface area contributed by atoms with Gasteiger partial charge >= 0.3 is 0 Å². The molecule has 1 heterocycles. The summed E-state index contributed by atoms with van der Waals surface area (Å²) in [6, 6.07) is 0. The zero-order valence-corrected chi connectivity index (χ0v) is 9.28. The maximum atomic E-state index is 2.12. The monoisotopic (exact) mass is 180 g/mol. The van der Waals surface area contributed by atoms with Crippen LogP contribution in [0.3, 0.4) is 0 Å². The molecule has 2 heteroatoms. The van der Waals surface area contributed by atoms with E-state index in [9.17, 15) is 0 Å². The van der Waals surface area contributed by atoms with Crippen LogP contribution < -0.4 is 0 Å². The minimum Gasteiger partial charge on any atom is -0.0941 e. The third-order valence-electron chi connectivity index (χ3n) is 0.539. The Morgan fingerprint density at radius 3 is 1.40 bits per heavy atom. The van der Waals surface area contributed by atoms with Gasteiger partial charge in [-0.3, -0.25) is 0 Å². The third-order valence-corrected chi connectivity index (χ3v) is 3.12. The van der Waals surface area contributed by atoms with E-state index in [2.05, 4.69) is 13.8 Å². The van der Waals surface area contributed by atoms with E-state index in [1.54, 1.807) is 0 Å². The van der Waals surface area contributed by atoms with Crippen molar-refractivity contribution in [2.45, 2.75) is 40.5 Å². The van der Waals surface area contributed by atoms with Crippen molar-refractivity contribution < 1.29 is 0 Å². The van der Waals surface area contributed by atoms with Crippen LogP contribution in [0, 0.1) is 0 Å². The van der Waals surface area contributed by atoms with Crippen molar-refractivity contribution in [1.82, 2.24) is 0 Å². The molecule has 0 spiro atoms. The van der Waals surface area contributed by atoms with Crippen molar-refractivity contribution in [3.05, 3.63) is 0 Å². The van der Waals surface area contributed by atoms with Gasteiger partial charge in [-0.15, -0.1) is 0 Å². The number of hydrogen-bond donors (Lipinski definition) is 0. The van der Waals surface area contributed by atoms with Gasteiger partial charge in [-0.05, 0) is 6.42 Å². The zero-order valence-electron chi connectivity index (χ0n) is 7.64. The molecule has 0 amide bonds. The maximum Gasteiger partial charge on any atom is 0.00450 e. The number of rotatable bonds is 0. The molecule has 0 radical (unpaired) electrons. The predicted molar refractivity (Wildman–Crippen MR) is 56.8 cm³/mol. The molecule has 0 aromatic carbocycles. The second kappa shape index (κ2) is 16.4. The van der Waals surface area contributed by atoms with Crippen LogP contribution in [0.2, 0.25) is 0 Å². The SMILES string of the molecule is C1CSSC1.CC.CCC. The van der Waals surface area contributed by atoms with E-state index in [0.717, 1.165) is 0 Å². The maximum absolute atomic E-state index is 2.12. The largest absolute Gasteiger partial charge is 0.0941 e. The van der Waals surface area contributed by atoms with Crippen molar-refractivity contribution in [2.24, 2.45) is 0 Å². The van der Waals surface area contributed by atoms with Crippen LogP contribution in [0.4, 0.5) is 0 Å². The summed E-state index contributed by atoms with van der Waals surface area (Å²) in [7, 11) is 3.98. The fourth-order valence-corrected chi connectivity index (χ4v) is 2.65. The highest BCUT2D eigenvalue weighted by atomic mass is 33.1. The van der Waals surface area contributed by atoms with Crippen molar-refractivity contribution in [1.29, 1.82) is 0 Å². The Labute approximate surface area is 73.9 Å². The summed E-state index contributed by atoms with van der Waals surface area (Å²) in [6.45, 7) is 8.25. The summed E-state index contributed by atoms with van der Waals surface area (Å²) in [5, 5.41) is 0. The highest BCUT2D eigenvalue weighted by Gasteiger charge is 1.96. The minimum atomic E-state index is 1.25. The predicted octanol–water partition coefficient (Wildman–Crippen LogP) is 4.21. The van der Waals surface area contributed by atoms with Crippen molar-refractivity contribution in [3.8, 4) is 0 Å². The van der Waals surface area contributed by atoms with Gasteiger partial charge in [-0.25, -0.2) is 0 Å². The lowest BCUT2D eigenvalue weighted by Gasteiger charge is -1.69. The average Bonchev–Trinajstić information content (AvgIpc) is 2.48. The highest BCUT2D eigenvalue weighted by molar-refractivity contribution is 8.77. The lowest BCUT2D eigenvalue weighted by Crippen LogP contribution is -1.63. The summed E-state index contributed by atoms with van der Waals surface area (Å²) < 4.78 is 0. The van der Waals surface area contributed by atoms with Gasteiger partial charge in [-0.1, -0.05) is 55.7 Å². The first kappa shape index (κ1) is 13.3. The van der Waals surface area contributed by atoms with Crippen LogP contribution in [0.15, 0.2) is 0 Å². The Morgan fingerprint density at radius 2 is 1.30 bits per heavy atom. The van der Waals surface area contributed by atoms with Crippen LogP contribution in [-0.2, 0) is 0 Å². The van der Waals surface area contributed by atoms with Crippen LogP contribution in [0.25, 0.3) is 0 Å². The van der Waals surface area contributed by atoms with E-state index in [0.29, 0.717) is 0 Å². The summed E-state index contributed by atoms with van der Waals surface area (Å²) in [4.78, 5) is 0. The van der Waals surface area contributed by atoms with Gasteiger partial charge in [0, 0.05) is 11.5 Å². The van der Waals surface area contributed by atoms with Gasteiger partial charge in [0.15, 0.2) is 0 Å². The molecule has 0 bridgehead atoms. The molecule has 0 aromatic heterocycles. The Hall–Kier alpha value is 0.700. The molecule has 0 unspecified atom stereocenters. The van der Waals surface area contributed by atoms with Crippen molar-refractivity contribution in [2.75, 3.05) is 11.5 Å². The van der Waals surface area contributed by atoms with Crippen LogP contribution in [0.5, 0.6) is 0 Å². The van der Waals surface area contributed by atoms with Crippen LogP contribution in [0.1, 0.15) is 40.5 Å². The quantitative estimate of drug-likeness (QED) is 0.512. The average molecular weight is 180 g/mol. The Kier molecular flexibility index (Phi) is 21.8. The fourth-order valence-electron chi connectivity index (χ4n) is 0.295.